The number of carbonyl (C=O) groups excluding carboxylic acids is 1. The molecule has 1 aromatic carbocycles. The van der Waals surface area contributed by atoms with Crippen LogP contribution in [0.5, 0.6) is 5.75 Å². The van der Waals surface area contributed by atoms with Gasteiger partial charge >= 0.3 is 5.97 Å². The molecule has 0 atom stereocenters. The van der Waals surface area contributed by atoms with Crippen molar-refractivity contribution in [3.63, 3.8) is 0 Å². The average molecular weight is 285 g/mol. The maximum atomic E-state index is 11.1. The second-order valence-electron chi connectivity index (χ2n) is 3.82. The van der Waals surface area contributed by atoms with Crippen LogP contribution in [0.25, 0.3) is 10.9 Å². The van der Waals surface area contributed by atoms with Gasteiger partial charge in [-0.3, -0.25) is 4.79 Å². The molecule has 0 radical (unpaired) electrons. The van der Waals surface area contributed by atoms with Crippen LogP contribution < -0.4 is 4.74 Å². The topological polar surface area (TPSA) is 62.6 Å². The van der Waals surface area contributed by atoms with Crippen molar-refractivity contribution in [3.8, 4) is 5.75 Å². The minimum absolute atomic E-state index is 0.305. The number of nitrogens with zero attached hydrogens (tertiary/aromatic N) is 2. The van der Waals surface area contributed by atoms with Gasteiger partial charge in [0, 0.05) is 43.8 Å². The molecule has 2 rings (SSSR count). The van der Waals surface area contributed by atoms with Crippen LogP contribution in [-0.2, 0) is 14.3 Å². The maximum Gasteiger partial charge on any atom is 0.308 e. The summed E-state index contributed by atoms with van der Waals surface area (Å²) in [5.74, 6) is -0.132. The first-order valence-electron chi connectivity index (χ1n) is 5.47. The predicted octanol–water partition coefficient (Wildman–Crippen LogP) is 2.36. The van der Waals surface area contributed by atoms with Gasteiger partial charge in [0.1, 0.15) is 5.52 Å². The highest BCUT2D eigenvalue weighted by Crippen LogP contribution is 2.30. The van der Waals surface area contributed by atoms with Gasteiger partial charge < -0.3 is 14.2 Å². The van der Waals surface area contributed by atoms with Crippen molar-refractivity contribution in [2.24, 2.45) is 0 Å². The van der Waals surface area contributed by atoms with Crippen molar-refractivity contribution < 1.29 is 19.0 Å². The molecule has 0 aliphatic rings. The Hall–Kier alpha value is -1.63. The number of aromatic nitrogens is 2. The molecule has 19 heavy (non-hydrogen) atoms. The molecule has 102 valence electrons. The Morgan fingerprint density at radius 2 is 2.05 bits per heavy atom. The molecular formula is C12H13ClN2O4. The molecule has 0 fully saturated rings. The Labute approximate surface area is 114 Å². The number of esters is 1. The number of fused-ring (bicyclic) bond motifs is 1. The van der Waals surface area contributed by atoms with E-state index in [1.807, 2.05) is 0 Å². The molecule has 7 heteroatoms. The van der Waals surface area contributed by atoms with Gasteiger partial charge in [0.05, 0.1) is 0 Å². The highest BCUT2D eigenvalue weighted by molar-refractivity contribution is 6.31. The van der Waals surface area contributed by atoms with Crippen LogP contribution >= 0.6 is 11.6 Å². The molecule has 0 unspecified atom stereocenters. The lowest BCUT2D eigenvalue weighted by Crippen LogP contribution is -2.13. The second kappa shape index (κ2) is 5.56. The first kappa shape index (κ1) is 13.8. The van der Waals surface area contributed by atoms with E-state index >= 15 is 0 Å². The number of halogens is 1. The lowest BCUT2D eigenvalue weighted by Gasteiger charge is -2.12. The fourth-order valence-corrected chi connectivity index (χ4v) is 1.96. The summed E-state index contributed by atoms with van der Waals surface area (Å²) in [7, 11) is 3.00. The van der Waals surface area contributed by atoms with Crippen LogP contribution in [0.2, 0.25) is 5.02 Å². The number of methoxy groups -OCH3 is 2. The first-order chi connectivity index (χ1) is 9.05. The zero-order valence-corrected chi connectivity index (χ0v) is 11.5. The van der Waals surface area contributed by atoms with E-state index in [2.05, 4.69) is 5.10 Å². The van der Waals surface area contributed by atoms with Crippen molar-refractivity contribution in [1.29, 1.82) is 0 Å². The lowest BCUT2D eigenvalue weighted by atomic mass is 10.2. The summed E-state index contributed by atoms with van der Waals surface area (Å²) < 4.78 is 16.8. The minimum Gasteiger partial charge on any atom is -0.424 e. The number of hydrogen-bond donors (Lipinski definition) is 0. The predicted molar refractivity (Wildman–Crippen MR) is 69.1 cm³/mol. The van der Waals surface area contributed by atoms with Crippen LogP contribution in [0.1, 0.15) is 13.3 Å². The summed E-state index contributed by atoms with van der Waals surface area (Å²) in [6.45, 7) is 1.32. The Morgan fingerprint density at radius 1 is 1.37 bits per heavy atom. The Morgan fingerprint density at radius 3 is 2.63 bits per heavy atom. The van der Waals surface area contributed by atoms with E-state index < -0.39 is 12.4 Å². The molecule has 6 nitrogen and oxygen atoms in total. The standard InChI is InChI=1S/C12H13ClN2O4/c1-7(16)19-10-5-9(13)4-8-6-15(14-11(8)10)12(17-2)18-3/h4-6,12H,1-3H3. The molecular weight excluding hydrogens is 272 g/mol. The normalized spacial score (nSPS) is 11.2. The van der Waals surface area contributed by atoms with Crippen LogP contribution in [0.15, 0.2) is 18.3 Å². The van der Waals surface area contributed by atoms with Crippen molar-refractivity contribution >= 4 is 28.5 Å². The van der Waals surface area contributed by atoms with Gasteiger partial charge in [-0.1, -0.05) is 11.6 Å². The van der Waals surface area contributed by atoms with Gasteiger partial charge in [0.15, 0.2) is 5.75 Å². The Bertz CT molecular complexity index is 607. The molecule has 1 heterocycles. The molecule has 0 N–H and O–H groups in total. The zero-order valence-electron chi connectivity index (χ0n) is 10.7. The Kier molecular flexibility index (Phi) is 4.04. The van der Waals surface area contributed by atoms with E-state index in [4.69, 9.17) is 25.8 Å². The third-order valence-corrected chi connectivity index (χ3v) is 2.65. The van der Waals surface area contributed by atoms with Crippen molar-refractivity contribution in [2.75, 3.05) is 14.2 Å². The van der Waals surface area contributed by atoms with E-state index in [1.165, 1.54) is 31.9 Å². The smallest absolute Gasteiger partial charge is 0.308 e. The highest BCUT2D eigenvalue weighted by Gasteiger charge is 2.15. The third kappa shape index (κ3) is 2.86. The van der Waals surface area contributed by atoms with Gasteiger partial charge in [-0.2, -0.15) is 5.10 Å². The molecule has 2 aromatic rings. The summed E-state index contributed by atoms with van der Waals surface area (Å²) in [6, 6.07) is 3.26. The third-order valence-electron chi connectivity index (χ3n) is 2.43. The number of hydrogen-bond acceptors (Lipinski definition) is 5. The molecule has 0 saturated heterocycles. The quantitative estimate of drug-likeness (QED) is 0.490. The van der Waals surface area contributed by atoms with Gasteiger partial charge in [0.2, 0.25) is 0 Å². The first-order valence-corrected chi connectivity index (χ1v) is 5.85. The lowest BCUT2D eigenvalue weighted by molar-refractivity contribution is -0.162. The van der Waals surface area contributed by atoms with Crippen LogP contribution in [0.4, 0.5) is 0 Å². The van der Waals surface area contributed by atoms with Gasteiger partial charge in [-0.05, 0) is 6.07 Å². The number of benzene rings is 1. The zero-order chi connectivity index (χ0) is 14.0. The second-order valence-corrected chi connectivity index (χ2v) is 4.26. The van der Waals surface area contributed by atoms with Crippen molar-refractivity contribution in [3.05, 3.63) is 23.4 Å². The summed E-state index contributed by atoms with van der Waals surface area (Å²) >= 11 is 5.97. The van der Waals surface area contributed by atoms with E-state index in [0.29, 0.717) is 16.3 Å². The molecule has 0 saturated carbocycles. The maximum absolute atomic E-state index is 11.1. The van der Waals surface area contributed by atoms with Crippen LogP contribution in [0.3, 0.4) is 0 Å². The number of ether oxygens (including phenoxy) is 3. The Balaban J connectivity index is 2.54. The summed E-state index contributed by atoms with van der Waals surface area (Å²) in [5.41, 5.74) is 0.513. The largest absolute Gasteiger partial charge is 0.424 e. The molecule has 0 amide bonds. The highest BCUT2D eigenvalue weighted by atomic mass is 35.5. The number of carbonyl (C=O) groups is 1. The molecule has 0 bridgehead atoms. The van der Waals surface area contributed by atoms with Gasteiger partial charge in [0.25, 0.3) is 6.41 Å². The fraction of sp³-hybridized carbons (Fsp3) is 0.333. The van der Waals surface area contributed by atoms with E-state index in [0.717, 1.165) is 5.39 Å². The average Bonchev–Trinajstić information content (AvgIpc) is 2.73. The fourth-order valence-electron chi connectivity index (χ4n) is 1.74. The molecule has 0 aliphatic heterocycles. The molecule has 0 aliphatic carbocycles. The number of rotatable bonds is 4. The minimum atomic E-state index is -0.656. The molecule has 1 aromatic heterocycles. The summed E-state index contributed by atoms with van der Waals surface area (Å²) in [4.78, 5) is 11.1. The van der Waals surface area contributed by atoms with Crippen molar-refractivity contribution in [2.45, 2.75) is 13.3 Å². The van der Waals surface area contributed by atoms with E-state index in [9.17, 15) is 4.79 Å². The van der Waals surface area contributed by atoms with Crippen molar-refractivity contribution in [1.82, 2.24) is 9.78 Å². The van der Waals surface area contributed by atoms with E-state index in [1.54, 1.807) is 12.3 Å². The van der Waals surface area contributed by atoms with Gasteiger partial charge in [-0.25, -0.2) is 4.68 Å². The molecule has 0 spiro atoms. The summed E-state index contributed by atoms with van der Waals surface area (Å²) in [5, 5.41) is 5.46. The summed E-state index contributed by atoms with van der Waals surface area (Å²) in [6.07, 6.45) is 1.04. The van der Waals surface area contributed by atoms with Gasteiger partial charge in [-0.15, -0.1) is 0 Å². The van der Waals surface area contributed by atoms with E-state index in [-0.39, 0.29) is 0 Å². The SMILES string of the molecule is COC(OC)n1cc2cc(Cl)cc(OC(C)=O)c2n1. The van der Waals surface area contributed by atoms with Crippen LogP contribution in [-0.4, -0.2) is 30.0 Å². The van der Waals surface area contributed by atoms with Crippen LogP contribution in [0, 0.1) is 0 Å². The monoisotopic (exact) mass is 284 g/mol.